The number of benzene rings is 2. The second-order valence-electron chi connectivity index (χ2n) is 10.3. The van der Waals surface area contributed by atoms with Gasteiger partial charge in [-0.1, -0.05) is 12.1 Å². The summed E-state index contributed by atoms with van der Waals surface area (Å²) in [4.78, 5) is 28.3. The van der Waals surface area contributed by atoms with Crippen molar-refractivity contribution < 1.29 is 23.8 Å². The minimum Gasteiger partial charge on any atom is -0.489 e. The molecule has 0 saturated heterocycles. The number of carbonyl (C=O) groups is 1. The van der Waals surface area contributed by atoms with E-state index in [1.54, 1.807) is 49.6 Å². The predicted octanol–water partition coefficient (Wildman–Crippen LogP) is 5.50. The monoisotopic (exact) mass is 587 g/mol. The number of hydrogen-bond donors (Lipinski definition) is 2. The molecule has 0 fully saturated rings. The van der Waals surface area contributed by atoms with Gasteiger partial charge in [0, 0.05) is 41.8 Å². The first kappa shape index (κ1) is 30.8. The van der Waals surface area contributed by atoms with Crippen LogP contribution in [0.5, 0.6) is 17.2 Å². The van der Waals surface area contributed by atoms with Crippen LogP contribution in [-0.2, 0) is 11.4 Å². The maximum atomic E-state index is 14.5. The normalized spacial score (nSPS) is 11.0. The molecule has 5 rings (SSSR count). The Balaban J connectivity index is 0.000000541. The molecule has 0 unspecified atom stereocenters. The second kappa shape index (κ2) is 13.7. The molecule has 11 nitrogen and oxygen atoms in total. The molecule has 0 amide bonds. The molecule has 5 aromatic rings. The van der Waals surface area contributed by atoms with Gasteiger partial charge in [-0.05, 0) is 64.7 Å². The number of rotatable bonds is 9. The highest BCUT2D eigenvalue weighted by Gasteiger charge is 2.17. The number of nitrogens with zero attached hydrogens (tertiary/aromatic N) is 6. The average Bonchev–Trinajstić information content (AvgIpc) is 3.36. The topological polar surface area (TPSA) is 142 Å². The van der Waals surface area contributed by atoms with Crippen LogP contribution < -0.4 is 15.2 Å². The van der Waals surface area contributed by atoms with Crippen molar-refractivity contribution in [1.29, 1.82) is 0 Å². The first-order valence-corrected chi connectivity index (χ1v) is 13.5. The number of nitrogens with two attached hydrogens (primary N) is 1. The van der Waals surface area contributed by atoms with E-state index >= 15 is 0 Å². The van der Waals surface area contributed by atoms with Crippen LogP contribution in [-0.4, -0.2) is 61.1 Å². The molecule has 3 N–H and O–H groups in total. The quantitative estimate of drug-likeness (QED) is 0.227. The molecule has 3 aromatic heterocycles. The average molecular weight is 588 g/mol. The SMILES string of the molecule is CN(C)CC(=O)O.Cc1ncc(COc2ccc(F)c(Oc3ccc(-c4cn(C(C)C)c5ncnc(N)c45)cc3)c2)cn1. The van der Waals surface area contributed by atoms with Crippen molar-refractivity contribution in [1.82, 2.24) is 29.4 Å². The van der Waals surface area contributed by atoms with Gasteiger partial charge in [-0.2, -0.15) is 0 Å². The lowest BCUT2D eigenvalue weighted by molar-refractivity contribution is -0.137. The summed E-state index contributed by atoms with van der Waals surface area (Å²) in [6, 6.07) is 12.0. The molecule has 0 saturated carbocycles. The van der Waals surface area contributed by atoms with Crippen LogP contribution >= 0.6 is 0 Å². The van der Waals surface area contributed by atoms with Crippen molar-refractivity contribution >= 4 is 22.8 Å². The lowest BCUT2D eigenvalue weighted by Gasteiger charge is -2.11. The van der Waals surface area contributed by atoms with Crippen LogP contribution in [0.15, 0.2) is 67.4 Å². The zero-order valence-electron chi connectivity index (χ0n) is 24.7. The first-order chi connectivity index (χ1) is 20.5. The number of anilines is 1. The fraction of sp³-hybridized carbons (Fsp3) is 0.258. The van der Waals surface area contributed by atoms with Crippen molar-refractivity contribution in [3.63, 3.8) is 0 Å². The Bertz CT molecular complexity index is 1690. The van der Waals surface area contributed by atoms with Crippen molar-refractivity contribution in [2.75, 3.05) is 26.4 Å². The molecule has 0 aliphatic rings. The summed E-state index contributed by atoms with van der Waals surface area (Å²) in [5.41, 5.74) is 9.63. The molecule has 0 aliphatic carbocycles. The predicted molar refractivity (Wildman–Crippen MR) is 162 cm³/mol. The van der Waals surface area contributed by atoms with E-state index < -0.39 is 11.8 Å². The summed E-state index contributed by atoms with van der Waals surface area (Å²) in [7, 11) is 3.43. The number of aryl methyl sites for hydroxylation is 1. The van der Waals surface area contributed by atoms with Crippen LogP contribution in [0, 0.1) is 12.7 Å². The molecule has 0 bridgehead atoms. The Labute approximate surface area is 248 Å². The van der Waals surface area contributed by atoms with Gasteiger partial charge in [0.25, 0.3) is 0 Å². The van der Waals surface area contributed by atoms with Gasteiger partial charge in [0.1, 0.15) is 41.7 Å². The minimum absolute atomic E-state index is 0.0643. The van der Waals surface area contributed by atoms with Gasteiger partial charge in [0.2, 0.25) is 0 Å². The number of aliphatic carboxylic acids is 1. The highest BCUT2D eigenvalue weighted by atomic mass is 19.1. The summed E-state index contributed by atoms with van der Waals surface area (Å²) in [5, 5.41) is 8.84. The summed E-state index contributed by atoms with van der Waals surface area (Å²) < 4.78 is 28.1. The fourth-order valence-electron chi connectivity index (χ4n) is 4.13. The number of halogens is 1. The molecule has 2 aromatic carbocycles. The van der Waals surface area contributed by atoms with E-state index in [1.165, 1.54) is 18.5 Å². The van der Waals surface area contributed by atoms with Crippen molar-refractivity contribution in [3.8, 4) is 28.4 Å². The van der Waals surface area contributed by atoms with Gasteiger partial charge < -0.3 is 24.9 Å². The van der Waals surface area contributed by atoms with Crippen molar-refractivity contribution in [2.24, 2.45) is 0 Å². The second-order valence-corrected chi connectivity index (χ2v) is 10.3. The number of carboxylic acids is 1. The van der Waals surface area contributed by atoms with Gasteiger partial charge in [-0.3, -0.25) is 9.69 Å². The maximum absolute atomic E-state index is 14.5. The number of nitrogen functional groups attached to an aromatic ring is 1. The lowest BCUT2D eigenvalue weighted by atomic mass is 10.1. The Hall–Kier alpha value is -5.10. The standard InChI is InChI=1S/C27H25FN6O2.C4H9NO2/c1-16(2)34-13-22(25-26(29)32-15-33-27(25)34)19-4-6-20(7-5-19)36-24-10-21(8-9-23(24)28)35-14-18-11-30-17(3)31-12-18;1-5(2)3-4(6)7/h4-13,15-16H,14H2,1-3H3,(H2,29,32,33);3H2,1-2H3,(H,6,7). The highest BCUT2D eigenvalue weighted by Crippen LogP contribution is 2.36. The molecule has 0 radical (unpaired) electrons. The van der Waals surface area contributed by atoms with E-state index in [0.29, 0.717) is 23.1 Å². The van der Waals surface area contributed by atoms with Gasteiger partial charge in [0.05, 0.1) is 11.9 Å². The largest absolute Gasteiger partial charge is 0.489 e. The summed E-state index contributed by atoms with van der Waals surface area (Å²) in [6.45, 7) is 6.35. The zero-order chi connectivity index (χ0) is 31.1. The zero-order valence-corrected chi connectivity index (χ0v) is 24.7. The van der Waals surface area contributed by atoms with Gasteiger partial charge in [0.15, 0.2) is 11.6 Å². The van der Waals surface area contributed by atoms with Crippen LogP contribution in [0.1, 0.15) is 31.3 Å². The lowest BCUT2D eigenvalue weighted by Crippen LogP contribution is -2.20. The first-order valence-electron chi connectivity index (χ1n) is 13.5. The number of aromatic nitrogens is 5. The smallest absolute Gasteiger partial charge is 0.317 e. The third-order valence-electron chi connectivity index (χ3n) is 6.18. The third kappa shape index (κ3) is 8.01. The molecule has 3 heterocycles. The van der Waals surface area contributed by atoms with Gasteiger partial charge in [-0.25, -0.2) is 24.3 Å². The van der Waals surface area contributed by atoms with E-state index in [2.05, 4.69) is 38.4 Å². The Morgan fingerprint density at radius 2 is 1.72 bits per heavy atom. The molecule has 224 valence electrons. The van der Waals surface area contributed by atoms with E-state index in [-0.39, 0.29) is 24.9 Å². The third-order valence-corrected chi connectivity index (χ3v) is 6.18. The highest BCUT2D eigenvalue weighted by molar-refractivity contribution is 6.00. The summed E-state index contributed by atoms with van der Waals surface area (Å²) >= 11 is 0. The van der Waals surface area contributed by atoms with E-state index in [1.807, 2.05) is 25.3 Å². The minimum atomic E-state index is -0.787. The van der Waals surface area contributed by atoms with Crippen molar-refractivity contribution in [3.05, 3.63) is 84.6 Å². The molecule has 43 heavy (non-hydrogen) atoms. The number of hydrogen-bond acceptors (Lipinski definition) is 9. The summed E-state index contributed by atoms with van der Waals surface area (Å²) in [5.74, 6) is 0.851. The van der Waals surface area contributed by atoms with E-state index in [9.17, 15) is 9.18 Å². The molecular formula is C31H34FN7O4. The molecule has 0 atom stereocenters. The Morgan fingerprint density at radius 3 is 2.33 bits per heavy atom. The van der Waals surface area contributed by atoms with Gasteiger partial charge in [-0.15, -0.1) is 0 Å². The van der Waals surface area contributed by atoms with Crippen LogP contribution in [0.3, 0.4) is 0 Å². The maximum Gasteiger partial charge on any atom is 0.317 e. The van der Waals surface area contributed by atoms with E-state index in [4.69, 9.17) is 20.3 Å². The molecule has 0 aliphatic heterocycles. The van der Waals surface area contributed by atoms with Crippen LogP contribution in [0.4, 0.5) is 10.2 Å². The number of ether oxygens (including phenoxy) is 2. The number of carboxylic acid groups (broad SMARTS) is 1. The Morgan fingerprint density at radius 1 is 1.05 bits per heavy atom. The Kier molecular flexibility index (Phi) is 9.83. The molecule has 0 spiro atoms. The van der Waals surface area contributed by atoms with Crippen LogP contribution in [0.25, 0.3) is 22.2 Å². The molecular weight excluding hydrogens is 553 g/mol. The molecule has 12 heteroatoms. The summed E-state index contributed by atoms with van der Waals surface area (Å²) in [6.07, 6.45) is 6.89. The number of fused-ring (bicyclic) bond motifs is 1. The van der Waals surface area contributed by atoms with Crippen LogP contribution in [0.2, 0.25) is 0 Å². The fourth-order valence-corrected chi connectivity index (χ4v) is 4.13. The van der Waals surface area contributed by atoms with Gasteiger partial charge >= 0.3 is 5.97 Å². The van der Waals surface area contributed by atoms with E-state index in [0.717, 1.165) is 27.7 Å². The van der Waals surface area contributed by atoms with Crippen molar-refractivity contribution in [2.45, 2.75) is 33.4 Å². The number of likely N-dealkylation sites (N-methyl/N-ethyl adjacent to an activating group) is 1.